The standard InChI is InChI=1S/C15H24O2Si/c1-7-14(16)12-9-8-10-13(11-12)17-18(5,6)15(2,3)4/h8-11H,7H2,1-6H3. The maximum Gasteiger partial charge on any atom is 0.250 e. The molecule has 0 atom stereocenters. The molecule has 0 heterocycles. The van der Waals surface area contributed by atoms with E-state index in [0.29, 0.717) is 6.42 Å². The molecule has 0 saturated heterocycles. The van der Waals surface area contributed by atoms with Gasteiger partial charge in [0, 0.05) is 12.0 Å². The fourth-order valence-corrected chi connectivity index (χ4v) is 2.41. The average Bonchev–Trinajstić information content (AvgIpc) is 2.26. The maximum absolute atomic E-state index is 11.7. The second-order valence-electron chi connectivity index (χ2n) is 6.17. The molecular formula is C15H24O2Si. The molecule has 1 rings (SSSR count). The second-order valence-corrected chi connectivity index (χ2v) is 10.9. The van der Waals surface area contributed by atoms with Crippen molar-refractivity contribution in [2.45, 2.75) is 52.2 Å². The van der Waals surface area contributed by atoms with Crippen LogP contribution in [0.4, 0.5) is 0 Å². The van der Waals surface area contributed by atoms with E-state index in [4.69, 9.17) is 4.43 Å². The van der Waals surface area contributed by atoms with Crippen molar-refractivity contribution in [2.24, 2.45) is 0 Å². The first-order valence-electron chi connectivity index (χ1n) is 6.49. The van der Waals surface area contributed by atoms with E-state index in [9.17, 15) is 4.79 Å². The molecular weight excluding hydrogens is 240 g/mol. The lowest BCUT2D eigenvalue weighted by Gasteiger charge is -2.36. The lowest BCUT2D eigenvalue weighted by atomic mass is 10.1. The Bertz CT molecular complexity index is 430. The van der Waals surface area contributed by atoms with Gasteiger partial charge in [0.2, 0.25) is 8.32 Å². The Morgan fingerprint density at radius 2 is 1.89 bits per heavy atom. The van der Waals surface area contributed by atoms with Gasteiger partial charge in [-0.05, 0) is 30.3 Å². The van der Waals surface area contributed by atoms with Crippen LogP contribution in [0.5, 0.6) is 5.75 Å². The summed E-state index contributed by atoms with van der Waals surface area (Å²) in [5.74, 6) is 0.983. The molecule has 0 unspecified atom stereocenters. The summed E-state index contributed by atoms with van der Waals surface area (Å²) in [4.78, 5) is 11.7. The molecule has 0 spiro atoms. The molecule has 0 aliphatic heterocycles. The highest BCUT2D eigenvalue weighted by molar-refractivity contribution is 6.74. The number of rotatable bonds is 4. The van der Waals surface area contributed by atoms with E-state index in [0.717, 1.165) is 11.3 Å². The number of hydrogen-bond donors (Lipinski definition) is 0. The van der Waals surface area contributed by atoms with Crippen molar-refractivity contribution in [1.82, 2.24) is 0 Å². The molecule has 1 aromatic rings. The number of carbonyl (C=O) groups is 1. The summed E-state index contributed by atoms with van der Waals surface area (Å²) in [6, 6.07) is 7.55. The zero-order valence-electron chi connectivity index (χ0n) is 12.3. The van der Waals surface area contributed by atoms with E-state index in [1.165, 1.54) is 0 Å². The summed E-state index contributed by atoms with van der Waals surface area (Å²) in [6.45, 7) is 12.9. The molecule has 0 N–H and O–H groups in total. The number of benzene rings is 1. The Labute approximate surface area is 111 Å². The number of hydrogen-bond acceptors (Lipinski definition) is 2. The van der Waals surface area contributed by atoms with Gasteiger partial charge in [0.25, 0.3) is 0 Å². The highest BCUT2D eigenvalue weighted by Crippen LogP contribution is 2.37. The SMILES string of the molecule is CCC(=O)c1cccc(O[Si](C)(C)C(C)(C)C)c1. The van der Waals surface area contributed by atoms with Gasteiger partial charge in [-0.25, -0.2) is 0 Å². The van der Waals surface area contributed by atoms with E-state index >= 15 is 0 Å². The first kappa shape index (κ1) is 15.0. The molecule has 0 aliphatic carbocycles. The van der Waals surface area contributed by atoms with Gasteiger partial charge in [-0.3, -0.25) is 4.79 Å². The topological polar surface area (TPSA) is 26.3 Å². The molecule has 0 fully saturated rings. The third-order valence-electron chi connectivity index (χ3n) is 3.66. The van der Waals surface area contributed by atoms with Crippen LogP contribution in [0.25, 0.3) is 0 Å². The van der Waals surface area contributed by atoms with Crippen molar-refractivity contribution in [3.05, 3.63) is 29.8 Å². The van der Waals surface area contributed by atoms with Crippen molar-refractivity contribution in [1.29, 1.82) is 0 Å². The van der Waals surface area contributed by atoms with Crippen LogP contribution in [0, 0.1) is 0 Å². The molecule has 1 aromatic carbocycles. The molecule has 3 heteroatoms. The molecule has 0 aromatic heterocycles. The quantitative estimate of drug-likeness (QED) is 0.584. The summed E-state index contributed by atoms with van der Waals surface area (Å²) in [6.07, 6.45) is 0.531. The Balaban J connectivity index is 2.96. The third kappa shape index (κ3) is 3.45. The molecule has 0 saturated carbocycles. The minimum absolute atomic E-state index is 0.163. The molecule has 0 aliphatic rings. The van der Waals surface area contributed by atoms with Crippen molar-refractivity contribution < 1.29 is 9.22 Å². The van der Waals surface area contributed by atoms with Crippen LogP contribution in [-0.2, 0) is 0 Å². The van der Waals surface area contributed by atoms with Crippen molar-refractivity contribution in [3.8, 4) is 5.75 Å². The van der Waals surface area contributed by atoms with Gasteiger partial charge in [-0.15, -0.1) is 0 Å². The number of carbonyl (C=O) groups excluding carboxylic acids is 1. The van der Waals surface area contributed by atoms with E-state index in [1.54, 1.807) is 0 Å². The van der Waals surface area contributed by atoms with Crippen LogP contribution in [0.2, 0.25) is 18.1 Å². The maximum atomic E-state index is 11.7. The molecule has 2 nitrogen and oxygen atoms in total. The van der Waals surface area contributed by atoms with Gasteiger partial charge < -0.3 is 4.43 Å². The minimum atomic E-state index is -1.82. The largest absolute Gasteiger partial charge is 0.543 e. The monoisotopic (exact) mass is 264 g/mol. The highest BCUT2D eigenvalue weighted by atomic mass is 28.4. The minimum Gasteiger partial charge on any atom is -0.543 e. The van der Waals surface area contributed by atoms with Gasteiger partial charge in [0.15, 0.2) is 5.78 Å². The van der Waals surface area contributed by atoms with Crippen LogP contribution in [0.15, 0.2) is 24.3 Å². The zero-order chi connectivity index (χ0) is 14.0. The van der Waals surface area contributed by atoms with E-state index in [1.807, 2.05) is 31.2 Å². The third-order valence-corrected chi connectivity index (χ3v) is 8.01. The van der Waals surface area contributed by atoms with Gasteiger partial charge >= 0.3 is 0 Å². The Kier molecular flexibility index (Phi) is 4.38. The Morgan fingerprint density at radius 3 is 2.39 bits per heavy atom. The molecule has 18 heavy (non-hydrogen) atoms. The van der Waals surface area contributed by atoms with E-state index in [-0.39, 0.29) is 10.8 Å². The first-order valence-corrected chi connectivity index (χ1v) is 9.40. The number of ketones is 1. The predicted molar refractivity (Wildman–Crippen MR) is 78.9 cm³/mol. The lowest BCUT2D eigenvalue weighted by Crippen LogP contribution is -2.43. The molecule has 0 radical (unpaired) electrons. The fraction of sp³-hybridized carbons (Fsp3) is 0.533. The summed E-state index contributed by atoms with van der Waals surface area (Å²) in [5, 5.41) is 0.164. The van der Waals surface area contributed by atoms with Crippen LogP contribution in [-0.4, -0.2) is 14.1 Å². The first-order chi connectivity index (χ1) is 8.17. The van der Waals surface area contributed by atoms with Crippen LogP contribution >= 0.6 is 0 Å². The normalized spacial score (nSPS) is 12.3. The summed E-state index contributed by atoms with van der Waals surface area (Å²) < 4.78 is 6.19. The van der Waals surface area contributed by atoms with Crippen LogP contribution in [0.1, 0.15) is 44.5 Å². The summed E-state index contributed by atoms with van der Waals surface area (Å²) in [5.41, 5.74) is 0.744. The van der Waals surface area contributed by atoms with Gasteiger partial charge in [-0.2, -0.15) is 0 Å². The molecule has 100 valence electrons. The summed E-state index contributed by atoms with van der Waals surface area (Å²) >= 11 is 0. The van der Waals surface area contributed by atoms with Crippen molar-refractivity contribution in [2.75, 3.05) is 0 Å². The smallest absolute Gasteiger partial charge is 0.250 e. The van der Waals surface area contributed by atoms with Crippen LogP contribution in [0.3, 0.4) is 0 Å². The van der Waals surface area contributed by atoms with Gasteiger partial charge in [0.05, 0.1) is 0 Å². The van der Waals surface area contributed by atoms with Crippen molar-refractivity contribution >= 4 is 14.1 Å². The average molecular weight is 264 g/mol. The lowest BCUT2D eigenvalue weighted by molar-refractivity contribution is 0.0988. The van der Waals surface area contributed by atoms with Gasteiger partial charge in [-0.1, -0.05) is 39.8 Å². The molecule has 0 amide bonds. The predicted octanol–water partition coefficient (Wildman–Crippen LogP) is 4.66. The van der Waals surface area contributed by atoms with Gasteiger partial charge in [0.1, 0.15) is 5.75 Å². The second kappa shape index (κ2) is 5.27. The fourth-order valence-electron chi connectivity index (χ4n) is 1.38. The Morgan fingerprint density at radius 1 is 1.28 bits per heavy atom. The van der Waals surface area contributed by atoms with E-state index < -0.39 is 8.32 Å². The van der Waals surface area contributed by atoms with E-state index in [2.05, 4.69) is 33.9 Å². The van der Waals surface area contributed by atoms with Crippen LogP contribution < -0.4 is 4.43 Å². The Hall–Kier alpha value is -1.09. The van der Waals surface area contributed by atoms with Crippen molar-refractivity contribution in [3.63, 3.8) is 0 Å². The number of Topliss-reactive ketones (excluding diaryl/α,β-unsaturated/α-hetero) is 1. The molecule has 0 bridgehead atoms. The zero-order valence-corrected chi connectivity index (χ0v) is 13.3. The highest BCUT2D eigenvalue weighted by Gasteiger charge is 2.38. The summed E-state index contributed by atoms with van der Waals surface area (Å²) in [7, 11) is -1.82.